The summed E-state index contributed by atoms with van der Waals surface area (Å²) in [6.07, 6.45) is 0. The Morgan fingerprint density at radius 1 is 1.10 bits per heavy atom. The molecular formula is C17H19BrN2O. The summed E-state index contributed by atoms with van der Waals surface area (Å²) in [5, 5.41) is 6.10. The molecule has 0 aromatic heterocycles. The van der Waals surface area contributed by atoms with Crippen molar-refractivity contribution in [1.29, 1.82) is 0 Å². The van der Waals surface area contributed by atoms with Crippen LogP contribution in [0.2, 0.25) is 0 Å². The minimum absolute atomic E-state index is 0.0576. The summed E-state index contributed by atoms with van der Waals surface area (Å²) in [6.45, 7) is 2.91. The number of carbonyl (C=O) groups excluding carboxylic acids is 1. The lowest BCUT2D eigenvalue weighted by molar-refractivity contribution is 0.0963. The molecule has 0 spiro atoms. The Morgan fingerprint density at radius 2 is 1.71 bits per heavy atom. The molecule has 0 aliphatic rings. The number of carbonyl (C=O) groups is 1. The molecule has 2 N–H and O–H groups in total. The molecule has 0 bridgehead atoms. The predicted octanol–water partition coefficient (Wildman–Crippen LogP) is 3.66. The molecule has 0 saturated carbocycles. The molecule has 21 heavy (non-hydrogen) atoms. The van der Waals surface area contributed by atoms with Gasteiger partial charge in [-0.3, -0.25) is 4.79 Å². The van der Waals surface area contributed by atoms with Crippen LogP contribution in [-0.4, -0.2) is 13.0 Å². The lowest BCUT2D eigenvalue weighted by atomic mass is 10.1. The van der Waals surface area contributed by atoms with E-state index >= 15 is 0 Å². The van der Waals surface area contributed by atoms with Crippen molar-refractivity contribution >= 4 is 21.8 Å². The second-order valence-corrected chi connectivity index (χ2v) is 5.85. The lowest BCUT2D eigenvalue weighted by Gasteiger charge is -2.14. The third kappa shape index (κ3) is 4.41. The summed E-state index contributed by atoms with van der Waals surface area (Å²) < 4.78 is 1.09. The number of amides is 1. The fraction of sp³-hybridized carbons (Fsp3) is 0.235. The Kier molecular flexibility index (Phi) is 5.53. The first-order chi connectivity index (χ1) is 10.1. The molecule has 0 radical (unpaired) electrons. The van der Waals surface area contributed by atoms with E-state index in [1.165, 1.54) is 5.56 Å². The quantitative estimate of drug-likeness (QED) is 0.867. The monoisotopic (exact) mass is 346 g/mol. The maximum Gasteiger partial charge on any atom is 0.251 e. The molecule has 0 saturated heterocycles. The predicted molar refractivity (Wildman–Crippen MR) is 89.2 cm³/mol. The first-order valence-electron chi connectivity index (χ1n) is 6.90. The fourth-order valence-electron chi connectivity index (χ4n) is 2.06. The van der Waals surface area contributed by atoms with Crippen LogP contribution in [0.5, 0.6) is 0 Å². The number of benzene rings is 2. The minimum atomic E-state index is -0.0576. The highest BCUT2D eigenvalue weighted by Gasteiger charge is 2.06. The van der Waals surface area contributed by atoms with Crippen LogP contribution in [0.25, 0.3) is 0 Å². The van der Waals surface area contributed by atoms with Gasteiger partial charge in [-0.15, -0.1) is 0 Å². The lowest BCUT2D eigenvalue weighted by Crippen LogP contribution is -2.19. The first kappa shape index (κ1) is 15.7. The first-order valence-corrected chi connectivity index (χ1v) is 7.69. The van der Waals surface area contributed by atoms with Crippen molar-refractivity contribution in [3.05, 3.63) is 69.7 Å². The van der Waals surface area contributed by atoms with Gasteiger partial charge in [0.15, 0.2) is 0 Å². The molecule has 2 aromatic carbocycles. The standard InChI is InChI=1S/C17H19BrN2O/c1-12(14-7-9-16(18)10-8-14)20-11-13-3-5-15(6-4-13)17(21)19-2/h3-10,12,20H,11H2,1-2H3,(H,19,21)/t12-/m1/s1. The summed E-state index contributed by atoms with van der Waals surface area (Å²) in [6, 6.07) is 16.2. The molecule has 2 aromatic rings. The van der Waals surface area contributed by atoms with Crippen LogP contribution in [-0.2, 0) is 6.54 Å². The molecule has 4 heteroatoms. The van der Waals surface area contributed by atoms with E-state index in [-0.39, 0.29) is 11.9 Å². The van der Waals surface area contributed by atoms with Crippen molar-refractivity contribution < 1.29 is 4.79 Å². The fourth-order valence-corrected chi connectivity index (χ4v) is 2.32. The van der Waals surface area contributed by atoms with Crippen molar-refractivity contribution in [2.45, 2.75) is 19.5 Å². The zero-order valence-corrected chi connectivity index (χ0v) is 13.8. The van der Waals surface area contributed by atoms with Crippen molar-refractivity contribution in [3.63, 3.8) is 0 Å². The summed E-state index contributed by atoms with van der Waals surface area (Å²) in [7, 11) is 1.64. The Morgan fingerprint density at radius 3 is 2.29 bits per heavy atom. The normalized spacial score (nSPS) is 12.0. The summed E-state index contributed by atoms with van der Waals surface area (Å²) in [5.41, 5.74) is 3.09. The van der Waals surface area contributed by atoms with E-state index in [9.17, 15) is 4.79 Å². The summed E-state index contributed by atoms with van der Waals surface area (Å²) in [5.74, 6) is -0.0576. The molecule has 1 atom stereocenters. The van der Waals surface area contributed by atoms with Gasteiger partial charge in [0, 0.05) is 29.7 Å². The molecule has 0 aliphatic heterocycles. The topological polar surface area (TPSA) is 41.1 Å². The van der Waals surface area contributed by atoms with Crippen molar-refractivity contribution in [2.75, 3.05) is 7.05 Å². The van der Waals surface area contributed by atoms with E-state index in [1.807, 2.05) is 36.4 Å². The largest absolute Gasteiger partial charge is 0.355 e. The Hall–Kier alpha value is -1.65. The van der Waals surface area contributed by atoms with Crippen LogP contribution >= 0.6 is 15.9 Å². The van der Waals surface area contributed by atoms with Crippen LogP contribution in [0, 0.1) is 0 Å². The van der Waals surface area contributed by atoms with Gasteiger partial charge in [0.05, 0.1) is 0 Å². The smallest absolute Gasteiger partial charge is 0.251 e. The highest BCUT2D eigenvalue weighted by atomic mass is 79.9. The van der Waals surface area contributed by atoms with Crippen LogP contribution < -0.4 is 10.6 Å². The average molecular weight is 347 g/mol. The van der Waals surface area contributed by atoms with Gasteiger partial charge in [-0.05, 0) is 42.3 Å². The van der Waals surface area contributed by atoms with Gasteiger partial charge in [-0.25, -0.2) is 0 Å². The highest BCUT2D eigenvalue weighted by molar-refractivity contribution is 9.10. The van der Waals surface area contributed by atoms with E-state index in [0.29, 0.717) is 5.56 Å². The second-order valence-electron chi connectivity index (χ2n) is 4.93. The summed E-state index contributed by atoms with van der Waals surface area (Å²) >= 11 is 3.44. The Labute approximate surface area is 133 Å². The maximum absolute atomic E-state index is 11.5. The third-order valence-electron chi connectivity index (χ3n) is 3.43. The highest BCUT2D eigenvalue weighted by Crippen LogP contribution is 2.17. The maximum atomic E-state index is 11.5. The number of hydrogen-bond donors (Lipinski definition) is 2. The number of rotatable bonds is 5. The van der Waals surface area contributed by atoms with Gasteiger partial charge < -0.3 is 10.6 Å². The van der Waals surface area contributed by atoms with Crippen LogP contribution in [0.4, 0.5) is 0 Å². The zero-order valence-electron chi connectivity index (χ0n) is 12.2. The molecule has 0 fully saturated rings. The van der Waals surface area contributed by atoms with Crippen LogP contribution in [0.1, 0.15) is 34.5 Å². The molecule has 110 valence electrons. The van der Waals surface area contributed by atoms with Gasteiger partial charge in [0.2, 0.25) is 0 Å². The van der Waals surface area contributed by atoms with E-state index in [0.717, 1.165) is 16.6 Å². The van der Waals surface area contributed by atoms with Crippen LogP contribution in [0.15, 0.2) is 53.0 Å². The van der Waals surface area contributed by atoms with Crippen molar-refractivity contribution in [1.82, 2.24) is 10.6 Å². The zero-order chi connectivity index (χ0) is 15.2. The molecule has 0 aliphatic carbocycles. The van der Waals surface area contributed by atoms with Gasteiger partial charge in [-0.1, -0.05) is 40.2 Å². The van der Waals surface area contributed by atoms with Gasteiger partial charge in [0.25, 0.3) is 5.91 Å². The number of halogens is 1. The molecule has 2 rings (SSSR count). The van der Waals surface area contributed by atoms with Gasteiger partial charge >= 0.3 is 0 Å². The minimum Gasteiger partial charge on any atom is -0.355 e. The Bertz CT molecular complexity index is 593. The SMILES string of the molecule is CNC(=O)c1ccc(CN[C@H](C)c2ccc(Br)cc2)cc1. The van der Waals surface area contributed by atoms with Crippen molar-refractivity contribution in [2.24, 2.45) is 0 Å². The summed E-state index contributed by atoms with van der Waals surface area (Å²) in [4.78, 5) is 11.5. The van der Waals surface area contributed by atoms with Gasteiger partial charge in [-0.2, -0.15) is 0 Å². The van der Waals surface area contributed by atoms with E-state index in [4.69, 9.17) is 0 Å². The second kappa shape index (κ2) is 7.38. The van der Waals surface area contributed by atoms with E-state index < -0.39 is 0 Å². The Balaban J connectivity index is 1.93. The molecule has 0 heterocycles. The van der Waals surface area contributed by atoms with Gasteiger partial charge in [0.1, 0.15) is 0 Å². The third-order valence-corrected chi connectivity index (χ3v) is 3.95. The molecular weight excluding hydrogens is 328 g/mol. The van der Waals surface area contributed by atoms with Crippen LogP contribution in [0.3, 0.4) is 0 Å². The number of hydrogen-bond acceptors (Lipinski definition) is 2. The molecule has 3 nitrogen and oxygen atoms in total. The van der Waals surface area contributed by atoms with E-state index in [2.05, 4.69) is 45.6 Å². The molecule has 1 amide bonds. The molecule has 0 unspecified atom stereocenters. The van der Waals surface area contributed by atoms with Crippen molar-refractivity contribution in [3.8, 4) is 0 Å². The average Bonchev–Trinajstić information content (AvgIpc) is 2.53. The van der Waals surface area contributed by atoms with E-state index in [1.54, 1.807) is 7.05 Å². The number of nitrogens with one attached hydrogen (secondary N) is 2.